The van der Waals surface area contributed by atoms with E-state index in [-0.39, 0.29) is 11.5 Å². The Balaban J connectivity index is 1.42. The second kappa shape index (κ2) is 11.1. The maximum atomic E-state index is 13.8. The van der Waals surface area contributed by atoms with Crippen molar-refractivity contribution in [2.75, 3.05) is 19.6 Å². The van der Waals surface area contributed by atoms with E-state index in [1.54, 1.807) is 12.1 Å². The second-order valence-electron chi connectivity index (χ2n) is 10.3. The molecular weight excluding hydrogens is 478 g/mol. The Morgan fingerprint density at radius 2 is 1.59 bits per heavy atom. The fraction of sp³-hybridized carbons (Fsp3) is 0.344. The first-order valence-corrected chi connectivity index (χ1v) is 14.1. The smallest absolute Gasteiger partial charge is 0.207 e. The third-order valence-corrected chi connectivity index (χ3v) is 8.43. The van der Waals surface area contributed by atoms with Gasteiger partial charge >= 0.3 is 0 Å². The Hall–Kier alpha value is -3.15. The number of fused-ring (bicyclic) bond motifs is 1. The summed E-state index contributed by atoms with van der Waals surface area (Å²) in [4.78, 5) is 17.0. The zero-order valence-corrected chi connectivity index (χ0v) is 22.8. The molecule has 3 aromatic carbocycles. The molecule has 4 nitrogen and oxygen atoms in total. The maximum Gasteiger partial charge on any atom is 0.207 e. The molecule has 0 unspecified atom stereocenters. The summed E-state index contributed by atoms with van der Waals surface area (Å²) >= 11 is 1.37. The van der Waals surface area contributed by atoms with Crippen LogP contribution in [0.15, 0.2) is 54.6 Å². The largest absolute Gasteiger partial charge is 0.508 e. The average molecular weight is 514 g/mol. The first-order chi connectivity index (χ1) is 17.9. The fourth-order valence-corrected chi connectivity index (χ4v) is 6.56. The number of benzene rings is 3. The van der Waals surface area contributed by atoms with Crippen molar-refractivity contribution < 1.29 is 14.6 Å². The monoisotopic (exact) mass is 513 g/mol. The lowest BCUT2D eigenvalue weighted by atomic mass is 9.95. The Morgan fingerprint density at radius 1 is 0.919 bits per heavy atom. The molecule has 0 atom stereocenters. The fourth-order valence-electron chi connectivity index (χ4n) is 5.45. The Bertz CT molecular complexity index is 1390. The molecule has 5 heteroatoms. The van der Waals surface area contributed by atoms with Crippen molar-refractivity contribution in [3.8, 4) is 17.2 Å². The Labute approximate surface area is 223 Å². The number of nitrogens with zero attached hydrogens (tertiary/aromatic N) is 1. The van der Waals surface area contributed by atoms with Gasteiger partial charge in [0.05, 0.1) is 0 Å². The summed E-state index contributed by atoms with van der Waals surface area (Å²) in [5, 5.41) is 10.9. The maximum absolute atomic E-state index is 13.8. The number of thiophene rings is 1. The van der Waals surface area contributed by atoms with Crippen LogP contribution in [-0.2, 0) is 6.42 Å². The zero-order chi connectivity index (χ0) is 25.9. The molecule has 1 saturated heterocycles. The molecule has 192 valence electrons. The second-order valence-corrected chi connectivity index (χ2v) is 11.3. The minimum atomic E-state index is -0.0419. The summed E-state index contributed by atoms with van der Waals surface area (Å²) in [6, 6.07) is 17.5. The SMILES string of the molecule is Cc1cc(C)c(C(=O)c2sc3cc(O)ccc3c2Oc2ccc(CCN3CCCCCC3)cc2)c(C)c1. The zero-order valence-electron chi connectivity index (χ0n) is 22.0. The number of ketones is 1. The molecule has 0 amide bonds. The molecule has 2 heterocycles. The van der Waals surface area contributed by atoms with Crippen molar-refractivity contribution in [2.24, 2.45) is 0 Å². The lowest BCUT2D eigenvalue weighted by Gasteiger charge is -2.19. The summed E-state index contributed by atoms with van der Waals surface area (Å²) in [5.74, 6) is 1.40. The van der Waals surface area contributed by atoms with Crippen LogP contribution in [0.25, 0.3) is 10.1 Å². The molecule has 0 spiro atoms. The number of hydrogen-bond donors (Lipinski definition) is 1. The number of rotatable bonds is 7. The highest BCUT2D eigenvalue weighted by molar-refractivity contribution is 7.21. The van der Waals surface area contributed by atoms with Crippen molar-refractivity contribution in [3.63, 3.8) is 0 Å². The molecule has 5 rings (SSSR count). The quantitative estimate of drug-likeness (QED) is 0.255. The first kappa shape index (κ1) is 25.5. The van der Waals surface area contributed by atoms with Gasteiger partial charge in [0.15, 0.2) is 5.75 Å². The van der Waals surface area contributed by atoms with Crippen molar-refractivity contribution in [1.82, 2.24) is 4.90 Å². The van der Waals surface area contributed by atoms with Gasteiger partial charge in [-0.25, -0.2) is 0 Å². The molecule has 0 aliphatic carbocycles. The highest BCUT2D eigenvalue weighted by Gasteiger charge is 2.24. The summed E-state index contributed by atoms with van der Waals surface area (Å²) in [5.41, 5.74) is 5.07. The minimum absolute atomic E-state index is 0.0419. The number of aromatic hydroxyl groups is 1. The van der Waals surface area contributed by atoms with Gasteiger partial charge in [-0.2, -0.15) is 0 Å². The Morgan fingerprint density at radius 3 is 2.27 bits per heavy atom. The number of hydrogen-bond acceptors (Lipinski definition) is 5. The third kappa shape index (κ3) is 5.73. The van der Waals surface area contributed by atoms with Gasteiger partial charge in [0.2, 0.25) is 5.78 Å². The number of aryl methyl sites for hydroxylation is 3. The van der Waals surface area contributed by atoms with Crippen LogP contribution in [0.2, 0.25) is 0 Å². The summed E-state index contributed by atoms with van der Waals surface area (Å²) in [7, 11) is 0. The molecular formula is C32H35NO3S. The number of phenols is 1. The van der Waals surface area contributed by atoms with Crippen LogP contribution < -0.4 is 4.74 Å². The molecule has 1 N–H and O–H groups in total. The highest BCUT2D eigenvalue weighted by atomic mass is 32.1. The van der Waals surface area contributed by atoms with E-state index in [0.717, 1.165) is 45.3 Å². The van der Waals surface area contributed by atoms with E-state index in [1.165, 1.54) is 55.7 Å². The van der Waals surface area contributed by atoms with E-state index in [0.29, 0.717) is 16.4 Å². The number of carbonyl (C=O) groups excluding carboxylic acids is 1. The van der Waals surface area contributed by atoms with Crippen LogP contribution in [0.4, 0.5) is 0 Å². The van der Waals surface area contributed by atoms with Gasteiger partial charge in [-0.15, -0.1) is 11.3 Å². The first-order valence-electron chi connectivity index (χ1n) is 13.3. The number of likely N-dealkylation sites (tertiary alicyclic amines) is 1. The molecule has 1 fully saturated rings. The standard InChI is InChI=1S/C32H35NO3S/c1-21-18-22(2)29(23(3)19-21)30(35)32-31(27-13-10-25(34)20-28(27)37-32)36-26-11-8-24(9-12-26)14-17-33-15-6-4-5-7-16-33/h8-13,18-20,34H,4-7,14-17H2,1-3H3. The molecule has 0 bridgehead atoms. The van der Waals surface area contributed by atoms with Crippen molar-refractivity contribution in [3.05, 3.63) is 87.3 Å². The van der Waals surface area contributed by atoms with Crippen LogP contribution in [0.3, 0.4) is 0 Å². The van der Waals surface area contributed by atoms with E-state index >= 15 is 0 Å². The van der Waals surface area contributed by atoms with Gasteiger partial charge in [0.1, 0.15) is 16.4 Å². The number of phenolic OH excluding ortho intramolecular Hbond substituents is 1. The van der Waals surface area contributed by atoms with Crippen LogP contribution in [0.1, 0.15) is 63.2 Å². The molecule has 0 saturated carbocycles. The molecule has 37 heavy (non-hydrogen) atoms. The molecule has 1 aliphatic rings. The van der Waals surface area contributed by atoms with Gasteiger partial charge in [-0.3, -0.25) is 4.79 Å². The molecule has 4 aromatic rings. The average Bonchev–Trinajstić information content (AvgIpc) is 3.01. The minimum Gasteiger partial charge on any atom is -0.508 e. The van der Waals surface area contributed by atoms with Crippen LogP contribution in [-0.4, -0.2) is 35.4 Å². The van der Waals surface area contributed by atoms with Crippen molar-refractivity contribution in [2.45, 2.75) is 52.9 Å². The topological polar surface area (TPSA) is 49.8 Å². The third-order valence-electron chi connectivity index (χ3n) is 7.30. The molecule has 1 aliphatic heterocycles. The van der Waals surface area contributed by atoms with E-state index in [1.807, 2.05) is 51.1 Å². The van der Waals surface area contributed by atoms with E-state index < -0.39 is 0 Å². The van der Waals surface area contributed by atoms with Crippen LogP contribution >= 0.6 is 11.3 Å². The van der Waals surface area contributed by atoms with Crippen LogP contribution in [0.5, 0.6) is 17.2 Å². The van der Waals surface area contributed by atoms with Crippen molar-refractivity contribution >= 4 is 27.2 Å². The van der Waals surface area contributed by atoms with E-state index in [9.17, 15) is 9.90 Å². The summed E-state index contributed by atoms with van der Waals surface area (Å²) in [6.45, 7) is 9.52. The lowest BCUT2D eigenvalue weighted by molar-refractivity contribution is 0.103. The summed E-state index contributed by atoms with van der Waals surface area (Å²) < 4.78 is 7.24. The number of ether oxygens (including phenoxy) is 1. The molecule has 1 aromatic heterocycles. The normalized spacial score (nSPS) is 14.6. The lowest BCUT2D eigenvalue weighted by Crippen LogP contribution is -2.26. The summed E-state index contributed by atoms with van der Waals surface area (Å²) in [6.07, 6.45) is 6.35. The highest BCUT2D eigenvalue weighted by Crippen LogP contribution is 2.43. The van der Waals surface area contributed by atoms with E-state index in [4.69, 9.17) is 4.74 Å². The van der Waals surface area contributed by atoms with Crippen LogP contribution in [0, 0.1) is 20.8 Å². The van der Waals surface area contributed by atoms with Gasteiger partial charge in [-0.1, -0.05) is 42.7 Å². The Kier molecular flexibility index (Phi) is 7.63. The van der Waals surface area contributed by atoms with Crippen molar-refractivity contribution in [1.29, 1.82) is 0 Å². The molecule has 0 radical (unpaired) electrons. The van der Waals surface area contributed by atoms with Gasteiger partial charge in [0.25, 0.3) is 0 Å². The van der Waals surface area contributed by atoms with E-state index in [2.05, 4.69) is 17.0 Å². The predicted molar refractivity (Wildman–Crippen MR) is 153 cm³/mol. The number of carbonyl (C=O) groups is 1. The predicted octanol–water partition coefficient (Wildman–Crippen LogP) is 7.97. The van der Waals surface area contributed by atoms with Gasteiger partial charge < -0.3 is 14.7 Å². The van der Waals surface area contributed by atoms with Gasteiger partial charge in [-0.05, 0) is 100 Å². The van der Waals surface area contributed by atoms with Gasteiger partial charge in [0, 0.05) is 22.2 Å².